The number of allylic oxidation sites excluding steroid dienone is 1. The van der Waals surface area contributed by atoms with Gasteiger partial charge in [-0.1, -0.05) is 12.6 Å². The number of piperidine rings is 1. The molecular formula is C15H15FN2O2. The average molecular weight is 274 g/mol. The molecule has 20 heavy (non-hydrogen) atoms. The minimum atomic E-state index is -0.497. The Morgan fingerprint density at radius 3 is 2.85 bits per heavy atom. The third kappa shape index (κ3) is 1.90. The molecule has 1 aromatic rings. The zero-order valence-electron chi connectivity index (χ0n) is 11.2. The number of nitrogens with zero attached hydrogens (tertiary/aromatic N) is 1. The molecule has 5 heteroatoms. The summed E-state index contributed by atoms with van der Waals surface area (Å²) in [5.74, 6) is -0.869. The van der Waals surface area contributed by atoms with Crippen LogP contribution in [0.2, 0.25) is 0 Å². The van der Waals surface area contributed by atoms with Gasteiger partial charge in [0.2, 0.25) is 5.91 Å². The number of carbonyl (C=O) groups excluding carboxylic acids is 2. The number of rotatable bonds is 1. The maximum Gasteiger partial charge on any atom is 0.255 e. The van der Waals surface area contributed by atoms with Crippen molar-refractivity contribution >= 4 is 11.8 Å². The summed E-state index contributed by atoms with van der Waals surface area (Å²) >= 11 is 0. The Hall–Kier alpha value is -2.17. The Labute approximate surface area is 116 Å². The van der Waals surface area contributed by atoms with E-state index in [0.29, 0.717) is 36.2 Å². The fourth-order valence-corrected chi connectivity index (χ4v) is 2.79. The first kappa shape index (κ1) is 12.8. The summed E-state index contributed by atoms with van der Waals surface area (Å²) in [7, 11) is 0. The lowest BCUT2D eigenvalue weighted by Gasteiger charge is -2.30. The Morgan fingerprint density at radius 2 is 2.15 bits per heavy atom. The van der Waals surface area contributed by atoms with Gasteiger partial charge < -0.3 is 10.2 Å². The highest BCUT2D eigenvalue weighted by Crippen LogP contribution is 2.29. The molecule has 0 saturated carbocycles. The Balaban J connectivity index is 1.90. The number of benzene rings is 1. The van der Waals surface area contributed by atoms with Gasteiger partial charge in [0.05, 0.1) is 0 Å². The lowest BCUT2D eigenvalue weighted by atomic mass is 10.0. The van der Waals surface area contributed by atoms with Crippen LogP contribution >= 0.6 is 0 Å². The molecule has 2 heterocycles. The Bertz CT molecular complexity index is 639. The van der Waals surface area contributed by atoms with Crippen LogP contribution in [0, 0.1) is 12.7 Å². The molecule has 1 saturated heterocycles. The van der Waals surface area contributed by atoms with Crippen molar-refractivity contribution in [3.8, 4) is 0 Å². The monoisotopic (exact) mass is 274 g/mol. The molecule has 3 rings (SSSR count). The molecule has 2 aliphatic heterocycles. The topological polar surface area (TPSA) is 49.4 Å². The zero-order valence-corrected chi connectivity index (χ0v) is 11.2. The number of carbonyl (C=O) groups is 2. The number of nitrogens with one attached hydrogen (secondary N) is 1. The summed E-state index contributed by atoms with van der Waals surface area (Å²) in [4.78, 5) is 25.8. The van der Waals surface area contributed by atoms with E-state index >= 15 is 0 Å². The smallest absolute Gasteiger partial charge is 0.255 e. The van der Waals surface area contributed by atoms with Gasteiger partial charge in [-0.2, -0.15) is 0 Å². The van der Waals surface area contributed by atoms with E-state index in [1.807, 2.05) is 0 Å². The molecule has 2 aliphatic rings. The SMILES string of the molecule is C=C1CCC(N2Cc3cc(C)c(F)cc3C2=O)C(=O)N1. The van der Waals surface area contributed by atoms with E-state index in [1.54, 1.807) is 13.0 Å². The Kier molecular flexibility index (Phi) is 2.85. The third-order valence-electron chi connectivity index (χ3n) is 3.91. The van der Waals surface area contributed by atoms with Crippen LogP contribution in [0.5, 0.6) is 0 Å². The molecule has 1 N–H and O–H groups in total. The lowest BCUT2D eigenvalue weighted by Crippen LogP contribution is -2.49. The van der Waals surface area contributed by atoms with E-state index in [0.717, 1.165) is 5.56 Å². The summed E-state index contributed by atoms with van der Waals surface area (Å²) in [6.45, 7) is 5.75. The largest absolute Gasteiger partial charge is 0.329 e. The van der Waals surface area contributed by atoms with Crippen LogP contribution < -0.4 is 5.32 Å². The molecule has 4 nitrogen and oxygen atoms in total. The number of fused-ring (bicyclic) bond motifs is 1. The average Bonchev–Trinajstić information content (AvgIpc) is 2.68. The molecule has 0 radical (unpaired) electrons. The number of hydrogen-bond donors (Lipinski definition) is 1. The van der Waals surface area contributed by atoms with Gasteiger partial charge in [-0.05, 0) is 37.0 Å². The fraction of sp³-hybridized carbons (Fsp3) is 0.333. The molecule has 1 unspecified atom stereocenters. The van der Waals surface area contributed by atoms with Crippen LogP contribution in [-0.4, -0.2) is 22.8 Å². The van der Waals surface area contributed by atoms with E-state index in [4.69, 9.17) is 0 Å². The van der Waals surface area contributed by atoms with Crippen molar-refractivity contribution in [2.75, 3.05) is 0 Å². The van der Waals surface area contributed by atoms with E-state index in [9.17, 15) is 14.0 Å². The quantitative estimate of drug-likeness (QED) is 0.850. The van der Waals surface area contributed by atoms with E-state index in [1.165, 1.54) is 11.0 Å². The van der Waals surface area contributed by atoms with Crippen molar-refractivity contribution in [2.45, 2.75) is 32.4 Å². The molecule has 104 valence electrons. The maximum atomic E-state index is 13.6. The molecule has 0 aromatic heterocycles. The van der Waals surface area contributed by atoms with Gasteiger partial charge >= 0.3 is 0 Å². The third-order valence-corrected chi connectivity index (χ3v) is 3.91. The summed E-state index contributed by atoms with van der Waals surface area (Å²) in [5.41, 5.74) is 2.34. The predicted octanol–water partition coefficient (Wildman–Crippen LogP) is 1.88. The number of hydrogen-bond acceptors (Lipinski definition) is 2. The highest BCUT2D eigenvalue weighted by molar-refractivity contribution is 6.01. The van der Waals surface area contributed by atoms with E-state index in [-0.39, 0.29) is 17.6 Å². The summed E-state index contributed by atoms with van der Waals surface area (Å²) in [6.07, 6.45) is 1.22. The molecule has 0 aliphatic carbocycles. The van der Waals surface area contributed by atoms with Gasteiger partial charge in [0.25, 0.3) is 5.91 Å². The lowest BCUT2D eigenvalue weighted by molar-refractivity contribution is -0.126. The first-order chi connectivity index (χ1) is 9.47. The number of halogens is 1. The summed E-state index contributed by atoms with van der Waals surface area (Å²) < 4.78 is 13.6. The predicted molar refractivity (Wildman–Crippen MR) is 71.3 cm³/mol. The van der Waals surface area contributed by atoms with Crippen molar-refractivity contribution < 1.29 is 14.0 Å². The standard InChI is InChI=1S/C15H15FN2O2/c1-8-5-10-7-18(15(20)11(10)6-12(8)16)13-4-3-9(2)17-14(13)19/h5-6,13H,2-4,7H2,1H3,(H,17,19). The number of aryl methyl sites for hydroxylation is 1. The molecule has 1 fully saturated rings. The van der Waals surface area contributed by atoms with E-state index < -0.39 is 6.04 Å². The van der Waals surface area contributed by atoms with Crippen molar-refractivity contribution in [1.82, 2.24) is 10.2 Å². The minimum Gasteiger partial charge on any atom is -0.329 e. The summed E-state index contributed by atoms with van der Waals surface area (Å²) in [5, 5.41) is 2.67. The highest BCUT2D eigenvalue weighted by Gasteiger charge is 2.38. The van der Waals surface area contributed by atoms with Crippen LogP contribution in [0.25, 0.3) is 0 Å². The van der Waals surface area contributed by atoms with Gasteiger partial charge in [0.1, 0.15) is 11.9 Å². The highest BCUT2D eigenvalue weighted by atomic mass is 19.1. The van der Waals surface area contributed by atoms with Crippen LogP contribution in [0.1, 0.15) is 34.3 Å². The molecular weight excluding hydrogens is 259 g/mol. The van der Waals surface area contributed by atoms with Crippen molar-refractivity contribution in [3.05, 3.63) is 46.9 Å². The van der Waals surface area contributed by atoms with E-state index in [2.05, 4.69) is 11.9 Å². The molecule has 2 amide bonds. The molecule has 0 bridgehead atoms. The normalized spacial score (nSPS) is 22.0. The maximum absolute atomic E-state index is 13.6. The second-order valence-corrected chi connectivity index (χ2v) is 5.34. The Morgan fingerprint density at radius 1 is 1.40 bits per heavy atom. The summed E-state index contributed by atoms with van der Waals surface area (Å²) in [6, 6.07) is 2.46. The first-order valence-electron chi connectivity index (χ1n) is 6.56. The van der Waals surface area contributed by atoms with Crippen molar-refractivity contribution in [1.29, 1.82) is 0 Å². The molecule has 1 atom stereocenters. The first-order valence-corrected chi connectivity index (χ1v) is 6.56. The molecule has 1 aromatic carbocycles. The van der Waals surface area contributed by atoms with Crippen LogP contribution in [0.3, 0.4) is 0 Å². The fourth-order valence-electron chi connectivity index (χ4n) is 2.79. The zero-order chi connectivity index (χ0) is 14.4. The van der Waals surface area contributed by atoms with Gasteiger partial charge in [-0.25, -0.2) is 4.39 Å². The second-order valence-electron chi connectivity index (χ2n) is 5.34. The van der Waals surface area contributed by atoms with Gasteiger partial charge in [0, 0.05) is 17.8 Å². The minimum absolute atomic E-state index is 0.209. The van der Waals surface area contributed by atoms with Crippen molar-refractivity contribution in [2.24, 2.45) is 0 Å². The van der Waals surface area contributed by atoms with Crippen LogP contribution in [0.15, 0.2) is 24.4 Å². The van der Waals surface area contributed by atoms with Crippen LogP contribution in [0.4, 0.5) is 4.39 Å². The van der Waals surface area contributed by atoms with Gasteiger partial charge in [0.15, 0.2) is 0 Å². The van der Waals surface area contributed by atoms with Crippen LogP contribution in [-0.2, 0) is 11.3 Å². The van der Waals surface area contributed by atoms with Gasteiger partial charge in [-0.3, -0.25) is 9.59 Å². The molecule has 0 spiro atoms. The second kappa shape index (κ2) is 4.44. The number of amides is 2. The van der Waals surface area contributed by atoms with Crippen molar-refractivity contribution in [3.63, 3.8) is 0 Å². The van der Waals surface area contributed by atoms with Gasteiger partial charge in [-0.15, -0.1) is 0 Å².